The Morgan fingerprint density at radius 2 is 1.04 bits per heavy atom. The number of aliphatic carboxylic acids is 1. The van der Waals surface area contributed by atoms with Gasteiger partial charge >= 0.3 is 11.9 Å². The Morgan fingerprint density at radius 1 is 0.574 bits per heavy atom. The van der Waals surface area contributed by atoms with E-state index in [1.54, 1.807) is 21.1 Å². The monoisotopic (exact) mass is 760 g/mol. The van der Waals surface area contributed by atoms with Gasteiger partial charge in [0.05, 0.1) is 40.3 Å². The molecular formula is C46H81NO7. The fraction of sp³-hybridized carbons (Fsp3) is 0.761. The molecule has 0 N–H and O–H groups in total. The fourth-order valence-corrected chi connectivity index (χ4v) is 6.20. The summed E-state index contributed by atoms with van der Waals surface area (Å²) in [4.78, 5) is 36.8. The minimum Gasteiger partial charge on any atom is -0.544 e. The number of hydrogen-bond acceptors (Lipinski definition) is 7. The third-order valence-corrected chi connectivity index (χ3v) is 9.57. The zero-order valence-corrected chi connectivity index (χ0v) is 35.4. The van der Waals surface area contributed by atoms with Crippen molar-refractivity contribution in [2.75, 3.05) is 41.0 Å². The van der Waals surface area contributed by atoms with Crippen molar-refractivity contribution in [3.8, 4) is 0 Å². The molecule has 0 aromatic carbocycles. The van der Waals surface area contributed by atoms with Crippen molar-refractivity contribution in [3.05, 3.63) is 48.6 Å². The second kappa shape index (κ2) is 37.2. The molecule has 0 aromatic heterocycles. The van der Waals surface area contributed by atoms with Gasteiger partial charge in [0.1, 0.15) is 12.6 Å². The Hall–Kier alpha value is -2.71. The highest BCUT2D eigenvalue weighted by atomic mass is 16.6. The number of carbonyl (C=O) groups is 3. The molecule has 0 amide bonds. The molecule has 0 aliphatic carbocycles. The third kappa shape index (κ3) is 35.0. The molecule has 312 valence electrons. The number of rotatable bonds is 38. The molecule has 0 aromatic rings. The number of quaternary nitrogens is 1. The molecule has 0 rings (SSSR count). The number of hydrogen-bond donors (Lipinski definition) is 0. The van der Waals surface area contributed by atoms with Crippen LogP contribution in [0.3, 0.4) is 0 Å². The molecule has 0 saturated carbocycles. The van der Waals surface area contributed by atoms with Gasteiger partial charge in [-0.1, -0.05) is 172 Å². The molecule has 2 unspecified atom stereocenters. The first kappa shape index (κ1) is 51.3. The summed E-state index contributed by atoms with van der Waals surface area (Å²) in [7, 11) is 5.39. The topological polar surface area (TPSA) is 102 Å². The molecule has 0 bridgehead atoms. The number of carboxylic acid groups (broad SMARTS) is 1. The minimum absolute atomic E-state index is 0.0315. The highest BCUT2D eigenvalue weighted by Gasteiger charge is 2.25. The first-order valence-corrected chi connectivity index (χ1v) is 21.7. The number of allylic oxidation sites excluding steroid dienone is 8. The second-order valence-electron chi connectivity index (χ2n) is 15.7. The Balaban J connectivity index is 4.39. The van der Waals surface area contributed by atoms with E-state index in [0.717, 1.165) is 64.2 Å². The van der Waals surface area contributed by atoms with Gasteiger partial charge in [0, 0.05) is 19.3 Å². The zero-order valence-electron chi connectivity index (χ0n) is 35.4. The summed E-state index contributed by atoms with van der Waals surface area (Å²) in [6, 6.07) is -0.730. The van der Waals surface area contributed by atoms with Gasteiger partial charge in [0.25, 0.3) is 0 Å². The first-order valence-electron chi connectivity index (χ1n) is 21.7. The lowest BCUT2D eigenvalue weighted by atomic mass is 10.0. The van der Waals surface area contributed by atoms with Gasteiger partial charge in [-0.15, -0.1) is 0 Å². The van der Waals surface area contributed by atoms with E-state index >= 15 is 0 Å². The number of nitrogens with zero attached hydrogens (tertiary/aromatic N) is 1. The van der Waals surface area contributed by atoms with E-state index in [9.17, 15) is 19.5 Å². The maximum Gasteiger partial charge on any atom is 0.306 e. The van der Waals surface area contributed by atoms with Crippen molar-refractivity contribution >= 4 is 17.9 Å². The maximum atomic E-state index is 12.7. The Bertz CT molecular complexity index is 1030. The molecule has 54 heavy (non-hydrogen) atoms. The van der Waals surface area contributed by atoms with Crippen molar-refractivity contribution in [3.63, 3.8) is 0 Å². The highest BCUT2D eigenvalue weighted by molar-refractivity contribution is 5.70. The number of unbranched alkanes of at least 4 members (excludes halogenated alkanes) is 19. The van der Waals surface area contributed by atoms with E-state index < -0.39 is 18.1 Å². The van der Waals surface area contributed by atoms with Crippen molar-refractivity contribution < 1.29 is 38.2 Å². The first-order chi connectivity index (χ1) is 26.1. The predicted octanol–water partition coefficient (Wildman–Crippen LogP) is 10.3. The van der Waals surface area contributed by atoms with Crippen LogP contribution in [-0.2, 0) is 28.6 Å². The lowest BCUT2D eigenvalue weighted by Gasteiger charge is -2.34. The standard InChI is InChI=1S/C46H81NO7/c1-6-8-10-12-14-16-18-20-22-24-26-28-30-32-34-36-44(48)53-41-42(40-52-39-38-43(46(50)51)47(3,4)5)54-45(49)37-35-33-31-29-27-25-23-21-19-17-15-13-11-9-7-2/h9,11,13,15,17,19,21,23,42-43H,6-8,10,12,14,16,18,20,22,24-41H2,1-5H3/b11-9+,15-13+,19-17+,23-21+. The van der Waals surface area contributed by atoms with Crippen LogP contribution < -0.4 is 5.11 Å². The number of ether oxygens (including phenoxy) is 3. The van der Waals surface area contributed by atoms with Crippen LogP contribution in [-0.4, -0.2) is 75.5 Å². The molecule has 0 aliphatic rings. The van der Waals surface area contributed by atoms with E-state index in [4.69, 9.17) is 14.2 Å². The van der Waals surface area contributed by atoms with Crippen LogP contribution in [0.2, 0.25) is 0 Å². The van der Waals surface area contributed by atoms with E-state index in [2.05, 4.69) is 32.1 Å². The van der Waals surface area contributed by atoms with Crippen LogP contribution in [0.1, 0.15) is 174 Å². The van der Waals surface area contributed by atoms with Gasteiger partial charge in [-0.05, 0) is 32.1 Å². The average Bonchev–Trinajstić information content (AvgIpc) is 3.12. The Morgan fingerprint density at radius 3 is 1.54 bits per heavy atom. The van der Waals surface area contributed by atoms with Crippen LogP contribution in [0, 0.1) is 0 Å². The molecule has 0 heterocycles. The summed E-state index contributed by atoms with van der Waals surface area (Å²) in [5, 5.41) is 11.6. The average molecular weight is 760 g/mol. The number of carboxylic acids is 1. The van der Waals surface area contributed by atoms with Crippen molar-refractivity contribution in [1.29, 1.82) is 0 Å². The van der Waals surface area contributed by atoms with E-state index in [1.165, 1.54) is 77.0 Å². The van der Waals surface area contributed by atoms with Crippen molar-refractivity contribution in [1.82, 2.24) is 0 Å². The van der Waals surface area contributed by atoms with Crippen LogP contribution in [0.15, 0.2) is 48.6 Å². The summed E-state index contributed by atoms with van der Waals surface area (Å²) >= 11 is 0. The Kier molecular flexibility index (Phi) is 35.4. The van der Waals surface area contributed by atoms with Gasteiger partial charge in [0.2, 0.25) is 0 Å². The summed E-state index contributed by atoms with van der Waals surface area (Å²) in [5.41, 5.74) is 0. The van der Waals surface area contributed by atoms with Crippen LogP contribution >= 0.6 is 0 Å². The van der Waals surface area contributed by atoms with Gasteiger partial charge in [0.15, 0.2) is 6.10 Å². The smallest absolute Gasteiger partial charge is 0.306 e. The molecule has 0 aliphatic heterocycles. The SMILES string of the molecule is CC/C=C/C=C/C=C/C=C/CCCCCCCC(=O)OC(COCCC(C(=O)[O-])[N+](C)(C)C)COC(=O)CCCCCCCCCCCCCCCCC. The minimum atomic E-state index is -1.13. The molecule has 2 atom stereocenters. The molecule has 8 nitrogen and oxygen atoms in total. The van der Waals surface area contributed by atoms with E-state index in [1.807, 2.05) is 30.4 Å². The number of esters is 2. The number of likely N-dealkylation sites (N-methyl/N-ethyl adjacent to an activating group) is 1. The molecule has 0 radical (unpaired) electrons. The third-order valence-electron chi connectivity index (χ3n) is 9.57. The van der Waals surface area contributed by atoms with Crippen LogP contribution in [0.5, 0.6) is 0 Å². The summed E-state index contributed by atoms with van der Waals surface area (Å²) in [6.45, 7) is 4.50. The van der Waals surface area contributed by atoms with Gasteiger partial charge < -0.3 is 28.6 Å². The van der Waals surface area contributed by atoms with Gasteiger partial charge in [-0.2, -0.15) is 0 Å². The predicted molar refractivity (Wildman–Crippen MR) is 222 cm³/mol. The van der Waals surface area contributed by atoms with Crippen molar-refractivity contribution in [2.24, 2.45) is 0 Å². The summed E-state index contributed by atoms with van der Waals surface area (Å²) < 4.78 is 17.1. The lowest BCUT2D eigenvalue weighted by Crippen LogP contribution is -2.55. The fourth-order valence-electron chi connectivity index (χ4n) is 6.20. The maximum absolute atomic E-state index is 12.7. The molecule has 0 saturated heterocycles. The summed E-state index contributed by atoms with van der Waals surface area (Å²) in [5.74, 6) is -1.76. The number of carbonyl (C=O) groups excluding carboxylic acids is 3. The molecule has 0 spiro atoms. The Labute approximate surface area is 331 Å². The zero-order chi connectivity index (χ0) is 40.0. The van der Waals surface area contributed by atoms with Crippen LogP contribution in [0.25, 0.3) is 0 Å². The van der Waals surface area contributed by atoms with E-state index in [-0.39, 0.29) is 42.7 Å². The molecular weight excluding hydrogens is 679 g/mol. The van der Waals surface area contributed by atoms with Crippen LogP contribution in [0.4, 0.5) is 0 Å². The quantitative estimate of drug-likeness (QED) is 0.0267. The van der Waals surface area contributed by atoms with Gasteiger partial charge in [-0.25, -0.2) is 0 Å². The lowest BCUT2D eigenvalue weighted by molar-refractivity contribution is -0.889. The molecule has 8 heteroatoms. The van der Waals surface area contributed by atoms with E-state index in [0.29, 0.717) is 12.8 Å². The van der Waals surface area contributed by atoms with Crippen molar-refractivity contribution in [2.45, 2.75) is 187 Å². The molecule has 0 fully saturated rings. The summed E-state index contributed by atoms with van der Waals surface area (Å²) in [6.07, 6.45) is 42.7. The normalized spacial score (nSPS) is 13.4. The second-order valence-corrected chi connectivity index (χ2v) is 15.7. The highest BCUT2D eigenvalue weighted by Crippen LogP contribution is 2.15. The largest absolute Gasteiger partial charge is 0.544 e. The van der Waals surface area contributed by atoms with Gasteiger partial charge in [-0.3, -0.25) is 9.59 Å².